The molecule has 0 spiro atoms. The fourth-order valence-electron chi connectivity index (χ4n) is 2.94. The van der Waals surface area contributed by atoms with Crippen LogP contribution in [0.2, 0.25) is 0 Å². The lowest BCUT2D eigenvalue weighted by Gasteiger charge is -2.36. The van der Waals surface area contributed by atoms with Crippen LogP contribution in [0.25, 0.3) is 0 Å². The molecule has 2 rings (SSSR count). The van der Waals surface area contributed by atoms with Crippen LogP contribution < -0.4 is 5.32 Å². The van der Waals surface area contributed by atoms with Gasteiger partial charge < -0.3 is 5.32 Å². The first-order valence-corrected chi connectivity index (χ1v) is 7.36. The molecule has 0 bridgehead atoms. The normalized spacial score (nSPS) is 18.2. The molecule has 0 unspecified atom stereocenters. The molecular weight excluding hydrogens is 232 g/mol. The van der Waals surface area contributed by atoms with Gasteiger partial charge in [0, 0.05) is 32.2 Å². The molecule has 1 aromatic carbocycles. The maximum Gasteiger partial charge on any atom is 0.0354 e. The second-order valence-corrected chi connectivity index (χ2v) is 5.46. The first-order chi connectivity index (χ1) is 9.24. The smallest absolute Gasteiger partial charge is 0.0354 e. The fourth-order valence-corrected chi connectivity index (χ4v) is 2.94. The molecule has 0 aromatic heterocycles. The van der Waals surface area contributed by atoms with Crippen molar-refractivity contribution in [3.8, 4) is 0 Å². The van der Waals surface area contributed by atoms with Gasteiger partial charge in [0.25, 0.3) is 0 Å². The van der Waals surface area contributed by atoms with Gasteiger partial charge in [-0.3, -0.25) is 4.90 Å². The Balaban J connectivity index is 2.24. The molecule has 2 heteroatoms. The van der Waals surface area contributed by atoms with Gasteiger partial charge in [0.1, 0.15) is 0 Å². The molecule has 1 aliphatic rings. The lowest BCUT2D eigenvalue weighted by molar-refractivity contribution is 0.165. The van der Waals surface area contributed by atoms with E-state index in [1.54, 1.807) is 0 Å². The molecule has 19 heavy (non-hydrogen) atoms. The summed E-state index contributed by atoms with van der Waals surface area (Å²) in [6.45, 7) is 12.9. The van der Waals surface area contributed by atoms with Crippen LogP contribution in [-0.4, -0.2) is 31.1 Å². The SMILES string of the molecule is C=CCC[C@@H](c1cccc(C)c1C)N1CCNCC1. The van der Waals surface area contributed by atoms with Gasteiger partial charge in [-0.1, -0.05) is 24.3 Å². The van der Waals surface area contributed by atoms with Crippen LogP contribution in [0.5, 0.6) is 0 Å². The third kappa shape index (κ3) is 3.46. The van der Waals surface area contributed by atoms with Crippen molar-refractivity contribution in [3.63, 3.8) is 0 Å². The molecule has 1 aromatic rings. The molecule has 1 saturated heterocycles. The number of allylic oxidation sites excluding steroid dienone is 1. The number of benzene rings is 1. The summed E-state index contributed by atoms with van der Waals surface area (Å²) in [6.07, 6.45) is 4.30. The summed E-state index contributed by atoms with van der Waals surface area (Å²) in [5.41, 5.74) is 4.36. The van der Waals surface area contributed by atoms with Crippen molar-refractivity contribution in [3.05, 3.63) is 47.5 Å². The molecule has 1 fully saturated rings. The lowest BCUT2D eigenvalue weighted by atomic mass is 9.93. The average Bonchev–Trinajstić information content (AvgIpc) is 2.45. The number of hydrogen-bond donors (Lipinski definition) is 1. The van der Waals surface area contributed by atoms with E-state index in [9.17, 15) is 0 Å². The first-order valence-electron chi connectivity index (χ1n) is 7.36. The zero-order valence-electron chi connectivity index (χ0n) is 12.3. The van der Waals surface area contributed by atoms with Crippen LogP contribution in [0.4, 0.5) is 0 Å². The van der Waals surface area contributed by atoms with E-state index in [0.717, 1.165) is 32.6 Å². The number of piperazine rings is 1. The number of hydrogen-bond acceptors (Lipinski definition) is 2. The van der Waals surface area contributed by atoms with Gasteiger partial charge in [-0.2, -0.15) is 0 Å². The summed E-state index contributed by atoms with van der Waals surface area (Å²) >= 11 is 0. The van der Waals surface area contributed by atoms with Gasteiger partial charge in [0.05, 0.1) is 0 Å². The number of aryl methyl sites for hydroxylation is 1. The Morgan fingerprint density at radius 1 is 1.32 bits per heavy atom. The highest BCUT2D eigenvalue weighted by molar-refractivity contribution is 5.35. The molecule has 1 N–H and O–H groups in total. The molecule has 0 saturated carbocycles. The van der Waals surface area contributed by atoms with E-state index in [1.165, 1.54) is 23.1 Å². The maximum absolute atomic E-state index is 3.88. The zero-order chi connectivity index (χ0) is 13.7. The largest absolute Gasteiger partial charge is 0.314 e. The zero-order valence-corrected chi connectivity index (χ0v) is 12.3. The van der Waals surface area contributed by atoms with Gasteiger partial charge >= 0.3 is 0 Å². The molecule has 104 valence electrons. The molecule has 0 amide bonds. The van der Waals surface area contributed by atoms with Crippen molar-refractivity contribution in [1.82, 2.24) is 10.2 Å². The molecular formula is C17H26N2. The second-order valence-electron chi connectivity index (χ2n) is 5.46. The molecule has 1 atom stereocenters. The van der Waals surface area contributed by atoms with Crippen LogP contribution in [0.3, 0.4) is 0 Å². The second kappa shape index (κ2) is 6.88. The Morgan fingerprint density at radius 2 is 2.05 bits per heavy atom. The summed E-state index contributed by atoms with van der Waals surface area (Å²) in [5, 5.41) is 3.44. The molecule has 1 heterocycles. The summed E-state index contributed by atoms with van der Waals surface area (Å²) in [6, 6.07) is 7.25. The average molecular weight is 258 g/mol. The Hall–Kier alpha value is -1.12. The Labute approximate surface area is 117 Å². The highest BCUT2D eigenvalue weighted by Gasteiger charge is 2.22. The third-order valence-electron chi connectivity index (χ3n) is 4.24. The molecule has 0 aliphatic carbocycles. The van der Waals surface area contributed by atoms with Gasteiger partial charge in [-0.05, 0) is 43.4 Å². The summed E-state index contributed by atoms with van der Waals surface area (Å²) in [4.78, 5) is 2.63. The van der Waals surface area contributed by atoms with E-state index < -0.39 is 0 Å². The minimum absolute atomic E-state index is 0.542. The van der Waals surface area contributed by atoms with Gasteiger partial charge in [0.2, 0.25) is 0 Å². The van der Waals surface area contributed by atoms with Crippen molar-refractivity contribution < 1.29 is 0 Å². The number of nitrogens with zero attached hydrogens (tertiary/aromatic N) is 1. The monoisotopic (exact) mass is 258 g/mol. The summed E-state index contributed by atoms with van der Waals surface area (Å²) < 4.78 is 0. The predicted molar refractivity (Wildman–Crippen MR) is 82.5 cm³/mol. The van der Waals surface area contributed by atoms with Gasteiger partial charge in [0.15, 0.2) is 0 Å². The van der Waals surface area contributed by atoms with Crippen molar-refractivity contribution >= 4 is 0 Å². The van der Waals surface area contributed by atoms with E-state index >= 15 is 0 Å². The molecule has 1 aliphatic heterocycles. The predicted octanol–water partition coefficient (Wildman–Crippen LogP) is 3.22. The van der Waals surface area contributed by atoms with E-state index in [1.807, 2.05) is 6.08 Å². The van der Waals surface area contributed by atoms with E-state index in [2.05, 4.69) is 48.8 Å². The topological polar surface area (TPSA) is 15.3 Å². The Morgan fingerprint density at radius 3 is 2.74 bits per heavy atom. The Kier molecular flexibility index (Phi) is 5.17. The van der Waals surface area contributed by atoms with Crippen molar-refractivity contribution in [2.24, 2.45) is 0 Å². The lowest BCUT2D eigenvalue weighted by Crippen LogP contribution is -2.45. The van der Waals surface area contributed by atoms with E-state index in [0.29, 0.717) is 6.04 Å². The van der Waals surface area contributed by atoms with Crippen LogP contribution in [0.1, 0.15) is 35.6 Å². The maximum atomic E-state index is 3.88. The van der Waals surface area contributed by atoms with Crippen LogP contribution in [0.15, 0.2) is 30.9 Å². The fraction of sp³-hybridized carbons (Fsp3) is 0.529. The van der Waals surface area contributed by atoms with E-state index in [-0.39, 0.29) is 0 Å². The molecule has 0 radical (unpaired) electrons. The van der Waals surface area contributed by atoms with Crippen LogP contribution in [0, 0.1) is 13.8 Å². The van der Waals surface area contributed by atoms with Crippen molar-refractivity contribution in [1.29, 1.82) is 0 Å². The van der Waals surface area contributed by atoms with Crippen LogP contribution >= 0.6 is 0 Å². The van der Waals surface area contributed by atoms with Gasteiger partial charge in [-0.15, -0.1) is 6.58 Å². The summed E-state index contributed by atoms with van der Waals surface area (Å²) in [7, 11) is 0. The first kappa shape index (κ1) is 14.3. The van der Waals surface area contributed by atoms with Crippen molar-refractivity contribution in [2.75, 3.05) is 26.2 Å². The standard InChI is InChI=1S/C17H26N2/c1-4-5-9-17(19-12-10-18-11-13-19)16-8-6-7-14(2)15(16)3/h4,6-8,17-18H,1,5,9-13H2,2-3H3/t17-/m0/s1. The Bertz CT molecular complexity index is 419. The van der Waals surface area contributed by atoms with Gasteiger partial charge in [-0.25, -0.2) is 0 Å². The quantitative estimate of drug-likeness (QED) is 0.816. The number of nitrogens with one attached hydrogen (secondary N) is 1. The van der Waals surface area contributed by atoms with Crippen LogP contribution in [-0.2, 0) is 0 Å². The highest BCUT2D eigenvalue weighted by atomic mass is 15.2. The van der Waals surface area contributed by atoms with E-state index in [4.69, 9.17) is 0 Å². The number of rotatable bonds is 5. The molecule has 2 nitrogen and oxygen atoms in total. The minimum Gasteiger partial charge on any atom is -0.314 e. The highest BCUT2D eigenvalue weighted by Crippen LogP contribution is 2.30. The summed E-state index contributed by atoms with van der Waals surface area (Å²) in [5.74, 6) is 0. The third-order valence-corrected chi connectivity index (χ3v) is 4.24. The minimum atomic E-state index is 0.542. The van der Waals surface area contributed by atoms with Crippen molar-refractivity contribution in [2.45, 2.75) is 32.7 Å².